The van der Waals surface area contributed by atoms with E-state index < -0.39 is 0 Å². The molecule has 1 aromatic heterocycles. The van der Waals surface area contributed by atoms with Crippen molar-refractivity contribution in [3.8, 4) is 0 Å². The van der Waals surface area contributed by atoms with Crippen LogP contribution in [0.3, 0.4) is 0 Å². The number of hydrazone groups is 1. The first-order chi connectivity index (χ1) is 13.3. The Kier molecular flexibility index (Phi) is 5.30. The third kappa shape index (κ3) is 4.09. The summed E-state index contributed by atoms with van der Waals surface area (Å²) in [4.78, 5) is 14.0. The molecule has 2 N–H and O–H groups in total. The van der Waals surface area contributed by atoms with Crippen molar-refractivity contribution in [1.29, 1.82) is 0 Å². The summed E-state index contributed by atoms with van der Waals surface area (Å²) in [5, 5.41) is 8.39. The van der Waals surface area contributed by atoms with Crippen LogP contribution in [0.1, 0.15) is 39.2 Å². The smallest absolute Gasteiger partial charge is 0.256 e. The van der Waals surface area contributed by atoms with Gasteiger partial charge in [-0.15, -0.1) is 11.3 Å². The fraction of sp³-hybridized carbons (Fsp3) is 0.182. The number of benzene rings is 2. The van der Waals surface area contributed by atoms with E-state index in [1.54, 1.807) is 11.3 Å². The third-order valence-electron chi connectivity index (χ3n) is 4.64. The van der Waals surface area contributed by atoms with Crippen LogP contribution in [0.2, 0.25) is 0 Å². The summed E-state index contributed by atoms with van der Waals surface area (Å²) in [6.07, 6.45) is 6.35. The van der Waals surface area contributed by atoms with Gasteiger partial charge in [-0.05, 0) is 55.5 Å². The summed E-state index contributed by atoms with van der Waals surface area (Å²) in [7, 11) is 0. The number of nitrogens with one attached hydrogen (secondary N) is 2. The van der Waals surface area contributed by atoms with Gasteiger partial charge in [0.2, 0.25) is 0 Å². The Bertz CT molecular complexity index is 948. The summed E-state index contributed by atoms with van der Waals surface area (Å²) < 4.78 is 0. The van der Waals surface area contributed by atoms with Crippen molar-refractivity contribution in [2.75, 3.05) is 10.7 Å². The van der Waals surface area contributed by atoms with Crippen LogP contribution in [-0.2, 0) is 12.8 Å². The molecule has 2 aromatic carbocycles. The molecular weight excluding hydrogens is 354 g/mol. The first-order valence-electron chi connectivity index (χ1n) is 9.16. The fourth-order valence-corrected chi connectivity index (χ4v) is 4.53. The number of para-hydroxylation sites is 1. The van der Waals surface area contributed by atoms with Crippen molar-refractivity contribution in [2.45, 2.75) is 25.7 Å². The number of rotatable bonds is 5. The highest BCUT2D eigenvalue weighted by Gasteiger charge is 2.21. The van der Waals surface area contributed by atoms with Gasteiger partial charge in [-0.25, -0.2) is 0 Å². The van der Waals surface area contributed by atoms with Gasteiger partial charge in [0.1, 0.15) is 5.00 Å². The maximum absolute atomic E-state index is 12.6. The van der Waals surface area contributed by atoms with Crippen molar-refractivity contribution in [2.24, 2.45) is 5.10 Å². The number of amides is 1. The van der Waals surface area contributed by atoms with Crippen molar-refractivity contribution in [3.05, 3.63) is 82.2 Å². The largest absolute Gasteiger partial charge is 0.313 e. The van der Waals surface area contributed by atoms with E-state index in [1.165, 1.54) is 23.3 Å². The van der Waals surface area contributed by atoms with Crippen LogP contribution in [0.4, 0.5) is 10.7 Å². The molecule has 4 rings (SSSR count). The normalized spacial score (nSPS) is 13.3. The number of fused-ring (bicyclic) bond motifs is 1. The molecule has 0 spiro atoms. The summed E-state index contributed by atoms with van der Waals surface area (Å²) in [6.45, 7) is 0. The van der Waals surface area contributed by atoms with Crippen LogP contribution in [0.25, 0.3) is 0 Å². The van der Waals surface area contributed by atoms with Gasteiger partial charge < -0.3 is 5.32 Å². The Morgan fingerprint density at radius 1 is 0.963 bits per heavy atom. The highest BCUT2D eigenvalue weighted by molar-refractivity contribution is 7.17. The minimum absolute atomic E-state index is 0.0835. The standard InChI is InChI=1S/C22H21N3OS/c26-21(16-9-3-1-4-10-16)24-22-19(18-13-7-8-14-20(18)27-22)15-23-25-17-11-5-2-6-12-17/h1-6,9-12,15,25H,7-8,13-14H2,(H,24,26). The lowest BCUT2D eigenvalue weighted by Crippen LogP contribution is -2.12. The molecule has 1 aliphatic carbocycles. The highest BCUT2D eigenvalue weighted by Crippen LogP contribution is 2.37. The SMILES string of the molecule is O=C(Nc1sc2c(c1C=NNc1ccccc1)CCCC2)c1ccccc1. The monoisotopic (exact) mass is 375 g/mol. The third-order valence-corrected chi connectivity index (χ3v) is 5.86. The maximum Gasteiger partial charge on any atom is 0.256 e. The first kappa shape index (κ1) is 17.5. The molecule has 0 radical (unpaired) electrons. The Morgan fingerprint density at radius 3 is 2.44 bits per heavy atom. The van der Waals surface area contributed by atoms with Gasteiger partial charge in [0.05, 0.1) is 11.9 Å². The lowest BCUT2D eigenvalue weighted by molar-refractivity contribution is 0.102. The van der Waals surface area contributed by atoms with E-state index in [4.69, 9.17) is 0 Å². The van der Waals surface area contributed by atoms with Crippen LogP contribution in [0.5, 0.6) is 0 Å². The van der Waals surface area contributed by atoms with Crippen LogP contribution < -0.4 is 10.7 Å². The molecule has 0 saturated heterocycles. The fourth-order valence-electron chi connectivity index (χ4n) is 3.27. The first-order valence-corrected chi connectivity index (χ1v) is 9.98. The average Bonchev–Trinajstić information content (AvgIpc) is 3.07. The van der Waals surface area contributed by atoms with Crippen LogP contribution in [0.15, 0.2) is 65.8 Å². The molecule has 1 amide bonds. The van der Waals surface area contributed by atoms with Gasteiger partial charge in [-0.1, -0.05) is 36.4 Å². The maximum atomic E-state index is 12.6. The predicted molar refractivity (Wildman–Crippen MR) is 113 cm³/mol. The number of hydrogen-bond acceptors (Lipinski definition) is 4. The Balaban J connectivity index is 1.59. The summed E-state index contributed by atoms with van der Waals surface area (Å²) >= 11 is 1.68. The summed E-state index contributed by atoms with van der Waals surface area (Å²) in [5.41, 5.74) is 7.02. The molecule has 4 nitrogen and oxygen atoms in total. The molecule has 1 heterocycles. The highest BCUT2D eigenvalue weighted by atomic mass is 32.1. The second kappa shape index (κ2) is 8.18. The van der Waals surface area contributed by atoms with E-state index in [2.05, 4.69) is 15.8 Å². The molecule has 27 heavy (non-hydrogen) atoms. The topological polar surface area (TPSA) is 53.5 Å². The lowest BCUT2D eigenvalue weighted by atomic mass is 9.96. The van der Waals surface area contributed by atoms with E-state index in [0.29, 0.717) is 5.56 Å². The van der Waals surface area contributed by atoms with E-state index in [1.807, 2.05) is 66.9 Å². The zero-order chi connectivity index (χ0) is 18.5. The van der Waals surface area contributed by atoms with Gasteiger partial charge in [0.15, 0.2) is 0 Å². The summed E-state index contributed by atoms with van der Waals surface area (Å²) in [5.74, 6) is -0.0835. The molecule has 3 aromatic rings. The number of carbonyl (C=O) groups excluding carboxylic acids is 1. The van der Waals surface area contributed by atoms with Crippen molar-refractivity contribution in [3.63, 3.8) is 0 Å². The molecule has 0 aliphatic heterocycles. The van der Waals surface area contributed by atoms with Gasteiger partial charge in [-0.2, -0.15) is 5.10 Å². The molecule has 0 atom stereocenters. The minimum atomic E-state index is -0.0835. The molecule has 136 valence electrons. The van der Waals surface area contributed by atoms with Crippen molar-refractivity contribution < 1.29 is 4.79 Å². The van der Waals surface area contributed by atoms with E-state index in [0.717, 1.165) is 29.1 Å². The van der Waals surface area contributed by atoms with Crippen LogP contribution in [-0.4, -0.2) is 12.1 Å². The Labute approximate surface area is 162 Å². The van der Waals surface area contributed by atoms with E-state index in [9.17, 15) is 4.79 Å². The number of aryl methyl sites for hydroxylation is 1. The quantitative estimate of drug-likeness (QED) is 0.468. The molecule has 0 fully saturated rings. The molecule has 5 heteroatoms. The average molecular weight is 375 g/mol. The second-order valence-electron chi connectivity index (χ2n) is 6.51. The van der Waals surface area contributed by atoms with Crippen LogP contribution in [0, 0.1) is 0 Å². The van der Waals surface area contributed by atoms with Gasteiger partial charge in [0, 0.05) is 16.0 Å². The number of thiophene rings is 1. The van der Waals surface area contributed by atoms with Crippen molar-refractivity contribution in [1.82, 2.24) is 0 Å². The second-order valence-corrected chi connectivity index (χ2v) is 7.62. The van der Waals surface area contributed by atoms with Gasteiger partial charge in [0.25, 0.3) is 5.91 Å². The number of carbonyl (C=O) groups is 1. The predicted octanol–water partition coefficient (Wildman–Crippen LogP) is 5.33. The van der Waals surface area contributed by atoms with Gasteiger partial charge >= 0.3 is 0 Å². The van der Waals surface area contributed by atoms with Gasteiger partial charge in [-0.3, -0.25) is 10.2 Å². The van der Waals surface area contributed by atoms with E-state index in [-0.39, 0.29) is 5.91 Å². The van der Waals surface area contributed by atoms with Crippen molar-refractivity contribution >= 4 is 34.1 Å². The van der Waals surface area contributed by atoms with E-state index >= 15 is 0 Å². The lowest BCUT2D eigenvalue weighted by Gasteiger charge is -2.11. The zero-order valence-corrected chi connectivity index (χ0v) is 15.8. The number of hydrogen-bond donors (Lipinski definition) is 2. The Hall–Kier alpha value is -2.92. The molecule has 0 bridgehead atoms. The number of anilines is 2. The molecule has 0 saturated carbocycles. The number of nitrogens with zero attached hydrogens (tertiary/aromatic N) is 1. The Morgan fingerprint density at radius 2 is 1.67 bits per heavy atom. The van der Waals surface area contributed by atoms with Crippen LogP contribution >= 0.6 is 11.3 Å². The zero-order valence-electron chi connectivity index (χ0n) is 14.9. The summed E-state index contributed by atoms with van der Waals surface area (Å²) in [6, 6.07) is 19.2. The molecule has 1 aliphatic rings. The molecular formula is C22H21N3OS. The minimum Gasteiger partial charge on any atom is -0.313 e. The molecule has 0 unspecified atom stereocenters.